The minimum atomic E-state index is -3.79. The largest absolute Gasteiger partial charge is 0.467 e. The van der Waals surface area contributed by atoms with E-state index in [1.807, 2.05) is 0 Å². The van der Waals surface area contributed by atoms with Crippen molar-refractivity contribution in [1.29, 1.82) is 0 Å². The zero-order valence-electron chi connectivity index (χ0n) is 10.2. The molecule has 1 aliphatic rings. The van der Waals surface area contributed by atoms with Crippen molar-refractivity contribution in [3.63, 3.8) is 0 Å². The van der Waals surface area contributed by atoms with E-state index in [9.17, 15) is 13.2 Å². The van der Waals surface area contributed by atoms with Gasteiger partial charge in [-0.3, -0.25) is 9.69 Å². The summed E-state index contributed by atoms with van der Waals surface area (Å²) in [5, 5.41) is -0.954. The molecule has 1 aromatic heterocycles. The van der Waals surface area contributed by atoms with Crippen LogP contribution in [0.2, 0.25) is 0 Å². The average molecular weight is 307 g/mol. The molecule has 1 saturated heterocycles. The van der Waals surface area contributed by atoms with Crippen molar-refractivity contribution in [2.45, 2.75) is 18.6 Å². The molecule has 19 heavy (non-hydrogen) atoms. The predicted octanol–water partition coefficient (Wildman–Crippen LogP) is -0.137. The van der Waals surface area contributed by atoms with Crippen molar-refractivity contribution >= 4 is 31.6 Å². The molecule has 1 amide bonds. The molecule has 10 heteroatoms. The van der Waals surface area contributed by atoms with Crippen LogP contribution in [0, 0.1) is 6.92 Å². The Balaban J connectivity index is 2.33. The summed E-state index contributed by atoms with van der Waals surface area (Å²) < 4.78 is 27.4. The summed E-state index contributed by atoms with van der Waals surface area (Å²) in [4.78, 5) is 24.8. The van der Waals surface area contributed by atoms with Gasteiger partial charge in [0.05, 0.1) is 7.11 Å². The van der Waals surface area contributed by atoms with Crippen LogP contribution < -0.4 is 9.64 Å². The first-order chi connectivity index (χ1) is 8.81. The number of methoxy groups -OCH3 is 1. The van der Waals surface area contributed by atoms with Crippen LogP contribution in [0.5, 0.6) is 6.01 Å². The quantitative estimate of drug-likeness (QED) is 0.716. The maximum atomic E-state index is 11.8. The molecule has 0 spiro atoms. The maximum Gasteiger partial charge on any atom is 0.321 e. The molecule has 2 rings (SSSR count). The Morgan fingerprint density at radius 1 is 1.37 bits per heavy atom. The molecular formula is C9H11ClN4O4S. The minimum absolute atomic E-state index is 0.0625. The van der Waals surface area contributed by atoms with E-state index in [0.29, 0.717) is 5.82 Å². The number of anilines is 1. The van der Waals surface area contributed by atoms with Gasteiger partial charge in [-0.2, -0.15) is 15.0 Å². The Bertz CT molecular complexity index is 621. The molecule has 1 atom stereocenters. The molecule has 0 N–H and O–H groups in total. The Hall–Kier alpha value is -1.48. The number of ether oxygens (including phenoxy) is 1. The van der Waals surface area contributed by atoms with Gasteiger partial charge in [0, 0.05) is 23.6 Å². The lowest BCUT2D eigenvalue weighted by Gasteiger charge is -2.14. The first-order valence-corrected chi connectivity index (χ1v) is 7.69. The first kappa shape index (κ1) is 13.9. The number of carbonyl (C=O) groups is 1. The zero-order valence-corrected chi connectivity index (χ0v) is 11.8. The molecule has 0 saturated carbocycles. The summed E-state index contributed by atoms with van der Waals surface area (Å²) in [5.74, 6) is 0.0332. The Kier molecular flexibility index (Phi) is 3.59. The molecule has 0 aliphatic carbocycles. The zero-order chi connectivity index (χ0) is 14.2. The normalized spacial score (nSPS) is 19.8. The van der Waals surface area contributed by atoms with E-state index in [2.05, 4.69) is 15.0 Å². The van der Waals surface area contributed by atoms with Crippen molar-refractivity contribution in [2.24, 2.45) is 0 Å². The van der Waals surface area contributed by atoms with E-state index in [-0.39, 0.29) is 24.9 Å². The second kappa shape index (κ2) is 4.89. The SMILES string of the molecule is COc1nc(C)nc(N2CC(S(=O)(=O)Cl)CC2=O)n1. The van der Waals surface area contributed by atoms with Crippen LogP contribution in [-0.4, -0.2) is 48.2 Å². The lowest BCUT2D eigenvalue weighted by atomic mass is 10.4. The van der Waals surface area contributed by atoms with Crippen LogP contribution in [-0.2, 0) is 13.8 Å². The van der Waals surface area contributed by atoms with E-state index < -0.39 is 20.2 Å². The number of rotatable bonds is 3. The monoisotopic (exact) mass is 306 g/mol. The molecule has 2 heterocycles. The second-order valence-electron chi connectivity index (χ2n) is 3.98. The molecule has 104 valence electrons. The third-order valence-electron chi connectivity index (χ3n) is 2.63. The van der Waals surface area contributed by atoms with Crippen LogP contribution in [0.1, 0.15) is 12.2 Å². The van der Waals surface area contributed by atoms with E-state index in [0.717, 1.165) is 0 Å². The molecule has 1 unspecified atom stereocenters. The fraction of sp³-hybridized carbons (Fsp3) is 0.556. The fourth-order valence-corrected chi connectivity index (χ4v) is 2.74. The van der Waals surface area contributed by atoms with E-state index in [1.54, 1.807) is 6.92 Å². The molecule has 1 aliphatic heterocycles. The molecule has 1 fully saturated rings. The van der Waals surface area contributed by atoms with Crippen LogP contribution >= 0.6 is 10.7 Å². The van der Waals surface area contributed by atoms with Gasteiger partial charge in [0.2, 0.25) is 20.9 Å². The number of nitrogens with zero attached hydrogens (tertiary/aromatic N) is 4. The van der Waals surface area contributed by atoms with Gasteiger partial charge in [-0.1, -0.05) is 0 Å². The van der Waals surface area contributed by atoms with Crippen LogP contribution in [0.15, 0.2) is 0 Å². The van der Waals surface area contributed by atoms with Gasteiger partial charge >= 0.3 is 6.01 Å². The van der Waals surface area contributed by atoms with Gasteiger partial charge < -0.3 is 4.74 Å². The summed E-state index contributed by atoms with van der Waals surface area (Å²) in [7, 11) is 2.85. The van der Waals surface area contributed by atoms with Crippen molar-refractivity contribution in [2.75, 3.05) is 18.6 Å². The summed E-state index contributed by atoms with van der Waals surface area (Å²) in [6.45, 7) is 1.54. The van der Waals surface area contributed by atoms with E-state index >= 15 is 0 Å². The molecule has 0 aromatic carbocycles. The number of aromatic nitrogens is 3. The van der Waals surface area contributed by atoms with Crippen LogP contribution in [0.25, 0.3) is 0 Å². The van der Waals surface area contributed by atoms with Crippen molar-refractivity contribution in [3.8, 4) is 6.01 Å². The van der Waals surface area contributed by atoms with Crippen molar-refractivity contribution in [1.82, 2.24) is 15.0 Å². The van der Waals surface area contributed by atoms with Gasteiger partial charge in [-0.15, -0.1) is 0 Å². The van der Waals surface area contributed by atoms with E-state index in [1.165, 1.54) is 12.0 Å². The lowest BCUT2D eigenvalue weighted by molar-refractivity contribution is -0.117. The third kappa shape index (κ3) is 2.92. The van der Waals surface area contributed by atoms with Crippen molar-refractivity contribution < 1.29 is 17.9 Å². The highest BCUT2D eigenvalue weighted by Gasteiger charge is 2.39. The summed E-state index contributed by atoms with van der Waals surface area (Å²) in [6, 6.07) is 0.0625. The van der Waals surface area contributed by atoms with Crippen LogP contribution in [0.3, 0.4) is 0 Å². The Morgan fingerprint density at radius 2 is 2.05 bits per heavy atom. The Labute approximate surface area is 114 Å². The van der Waals surface area contributed by atoms with Gasteiger partial charge in [-0.05, 0) is 6.92 Å². The first-order valence-electron chi connectivity index (χ1n) is 5.31. The van der Waals surface area contributed by atoms with E-state index in [4.69, 9.17) is 15.4 Å². The summed E-state index contributed by atoms with van der Waals surface area (Å²) in [6.07, 6.45) is -0.182. The molecular weight excluding hydrogens is 296 g/mol. The number of aryl methyl sites for hydroxylation is 1. The second-order valence-corrected chi connectivity index (χ2v) is 6.88. The summed E-state index contributed by atoms with van der Waals surface area (Å²) >= 11 is 0. The van der Waals surface area contributed by atoms with Crippen LogP contribution in [0.4, 0.5) is 5.95 Å². The fourth-order valence-electron chi connectivity index (χ4n) is 1.71. The number of carbonyl (C=O) groups excluding carboxylic acids is 1. The van der Waals surface area contributed by atoms with Gasteiger partial charge in [0.1, 0.15) is 11.1 Å². The average Bonchev–Trinajstić information content (AvgIpc) is 2.70. The smallest absolute Gasteiger partial charge is 0.321 e. The van der Waals surface area contributed by atoms with Gasteiger partial charge in [0.15, 0.2) is 0 Å². The number of amides is 1. The van der Waals surface area contributed by atoms with Crippen molar-refractivity contribution in [3.05, 3.63) is 5.82 Å². The lowest BCUT2D eigenvalue weighted by Crippen LogP contribution is -2.29. The Morgan fingerprint density at radius 3 is 2.58 bits per heavy atom. The topological polar surface area (TPSA) is 102 Å². The van der Waals surface area contributed by atoms with Gasteiger partial charge in [0.25, 0.3) is 0 Å². The highest BCUT2D eigenvalue weighted by Crippen LogP contribution is 2.25. The number of hydrogen-bond acceptors (Lipinski definition) is 7. The summed E-state index contributed by atoms with van der Waals surface area (Å²) in [5.41, 5.74) is 0. The molecule has 8 nitrogen and oxygen atoms in total. The molecule has 0 bridgehead atoms. The van der Waals surface area contributed by atoms with Gasteiger partial charge in [-0.25, -0.2) is 8.42 Å². The minimum Gasteiger partial charge on any atom is -0.467 e. The third-order valence-corrected chi connectivity index (χ3v) is 4.49. The number of hydrogen-bond donors (Lipinski definition) is 0. The number of halogens is 1. The highest BCUT2D eigenvalue weighted by molar-refractivity contribution is 8.14. The molecule has 0 radical (unpaired) electrons. The maximum absolute atomic E-state index is 11.8. The standard InChI is InChI=1S/C9H11ClN4O4S/c1-5-11-8(13-9(12-5)18-2)14-4-6(3-7(14)15)19(10,16)17/h6H,3-4H2,1-2H3. The highest BCUT2D eigenvalue weighted by atomic mass is 35.7. The molecule has 1 aromatic rings. The predicted molar refractivity (Wildman–Crippen MR) is 66.6 cm³/mol.